The summed E-state index contributed by atoms with van der Waals surface area (Å²) in [6.07, 6.45) is 2.08. The first-order valence-electron chi connectivity index (χ1n) is 7.74. The van der Waals surface area contributed by atoms with E-state index in [9.17, 15) is 19.5 Å². The fourth-order valence-electron chi connectivity index (χ4n) is 3.00. The zero-order valence-electron chi connectivity index (χ0n) is 13.5. The van der Waals surface area contributed by atoms with Crippen molar-refractivity contribution in [1.82, 2.24) is 10.2 Å². The van der Waals surface area contributed by atoms with Gasteiger partial charge in [0.05, 0.1) is 6.42 Å². The number of nitrogens with zero attached hydrogens (tertiary/aromatic N) is 1. The van der Waals surface area contributed by atoms with Crippen molar-refractivity contribution in [3.8, 4) is 0 Å². The first-order chi connectivity index (χ1) is 12.0. The van der Waals surface area contributed by atoms with Gasteiger partial charge in [0.2, 0.25) is 11.8 Å². The highest BCUT2D eigenvalue weighted by Gasteiger charge is 2.55. The molecule has 0 saturated carbocycles. The number of fused-ring (bicyclic) bond motifs is 1. The normalized spacial score (nSPS) is 24.8. The van der Waals surface area contributed by atoms with Gasteiger partial charge < -0.3 is 15.3 Å². The van der Waals surface area contributed by atoms with E-state index in [0.29, 0.717) is 11.3 Å². The Balaban J connectivity index is 1.67. The molecule has 0 unspecified atom stereocenters. The van der Waals surface area contributed by atoms with Gasteiger partial charge in [-0.3, -0.25) is 9.59 Å². The fourth-order valence-corrected chi connectivity index (χ4v) is 4.91. The Morgan fingerprint density at radius 2 is 2.04 bits per heavy atom. The summed E-state index contributed by atoms with van der Waals surface area (Å²) in [7, 11) is 0. The summed E-state index contributed by atoms with van der Waals surface area (Å²) in [6.45, 7) is 0. The van der Waals surface area contributed by atoms with Crippen molar-refractivity contribution in [3.63, 3.8) is 0 Å². The molecule has 2 heterocycles. The van der Waals surface area contributed by atoms with Crippen molar-refractivity contribution in [2.24, 2.45) is 0 Å². The number of carboxylic acid groups (broad SMARTS) is 1. The molecule has 8 heteroatoms. The lowest BCUT2D eigenvalue weighted by Gasteiger charge is -2.51. The molecule has 1 saturated heterocycles. The van der Waals surface area contributed by atoms with E-state index in [1.165, 1.54) is 28.4 Å². The van der Waals surface area contributed by atoms with Crippen LogP contribution in [0.4, 0.5) is 0 Å². The zero-order chi connectivity index (χ0) is 18.0. The van der Waals surface area contributed by atoms with Gasteiger partial charge in [0, 0.05) is 5.75 Å². The molecule has 2 amide bonds. The summed E-state index contributed by atoms with van der Waals surface area (Å²) in [5.74, 6) is -1.05. The molecule has 0 spiro atoms. The van der Waals surface area contributed by atoms with Crippen LogP contribution in [-0.4, -0.2) is 57.3 Å². The second-order valence-electron chi connectivity index (χ2n) is 5.85. The number of amides is 2. The van der Waals surface area contributed by atoms with Crippen LogP contribution >= 0.6 is 23.5 Å². The van der Waals surface area contributed by atoms with Crippen molar-refractivity contribution in [1.29, 1.82) is 0 Å². The van der Waals surface area contributed by atoms with Gasteiger partial charge in [-0.2, -0.15) is 11.8 Å². The Labute approximate surface area is 154 Å². The number of β-lactam (4-membered cyclic amide) rings is 1. The molecule has 2 aliphatic rings. The molecule has 3 atom stereocenters. The minimum atomic E-state index is -1.03. The lowest BCUT2D eigenvalue weighted by atomic mass is 9.98. The third kappa shape index (κ3) is 3.55. The minimum Gasteiger partial charge on any atom is -0.479 e. The quantitative estimate of drug-likeness (QED) is 0.727. The van der Waals surface area contributed by atoms with Crippen molar-refractivity contribution >= 4 is 41.3 Å². The van der Waals surface area contributed by atoms with Gasteiger partial charge in [0.1, 0.15) is 11.4 Å². The molecule has 6 nitrogen and oxygen atoms in total. The molecule has 1 aromatic carbocycles. The summed E-state index contributed by atoms with van der Waals surface area (Å²) in [6, 6.07) is 7.67. The molecule has 0 aliphatic carbocycles. The Hall–Kier alpha value is -1.93. The van der Waals surface area contributed by atoms with E-state index < -0.39 is 18.1 Å². The molecule has 2 N–H and O–H groups in total. The van der Waals surface area contributed by atoms with Crippen molar-refractivity contribution in [2.75, 3.05) is 12.0 Å². The molecular weight excluding hydrogens is 360 g/mol. The highest BCUT2D eigenvalue weighted by Crippen LogP contribution is 2.40. The largest absolute Gasteiger partial charge is 0.479 e. The molecule has 0 radical (unpaired) electrons. The topological polar surface area (TPSA) is 86.7 Å². The van der Waals surface area contributed by atoms with Gasteiger partial charge in [-0.1, -0.05) is 30.3 Å². The standard InChI is InChI=1S/C17H18N2O4S2/c1-24-8-11-9-25-16-13(15(21)19(16)14(11)17(22)23)18-12(20)7-10-5-3-2-4-6-10/h2-6,9,13-14,16H,7-8H2,1H3,(H,18,20)(H,22,23)/t13-,14-,16-/m1/s1. The molecule has 3 rings (SSSR count). The van der Waals surface area contributed by atoms with E-state index >= 15 is 0 Å². The maximum absolute atomic E-state index is 12.4. The fraction of sp³-hybridized carbons (Fsp3) is 0.353. The maximum atomic E-state index is 12.4. The van der Waals surface area contributed by atoms with Crippen LogP contribution in [0.25, 0.3) is 0 Å². The summed E-state index contributed by atoms with van der Waals surface area (Å²) >= 11 is 2.91. The van der Waals surface area contributed by atoms with Gasteiger partial charge in [0.25, 0.3) is 0 Å². The van der Waals surface area contributed by atoms with E-state index in [-0.39, 0.29) is 23.6 Å². The number of hydrogen-bond acceptors (Lipinski definition) is 5. The highest BCUT2D eigenvalue weighted by atomic mass is 32.2. The highest BCUT2D eigenvalue weighted by molar-refractivity contribution is 8.03. The number of carbonyl (C=O) groups is 3. The summed E-state index contributed by atoms with van der Waals surface area (Å²) < 4.78 is 0. The summed E-state index contributed by atoms with van der Waals surface area (Å²) in [5.41, 5.74) is 1.58. The summed E-state index contributed by atoms with van der Waals surface area (Å²) in [4.78, 5) is 37.6. The van der Waals surface area contributed by atoms with E-state index in [4.69, 9.17) is 0 Å². The number of thioether (sulfide) groups is 2. The van der Waals surface area contributed by atoms with Crippen LogP contribution in [0.1, 0.15) is 5.56 Å². The molecule has 132 valence electrons. The smallest absolute Gasteiger partial charge is 0.330 e. The third-order valence-electron chi connectivity index (χ3n) is 4.14. The van der Waals surface area contributed by atoms with Crippen LogP contribution in [0, 0.1) is 0 Å². The second kappa shape index (κ2) is 7.53. The molecular formula is C17H18N2O4S2. The second-order valence-corrected chi connectivity index (χ2v) is 7.70. The number of nitrogens with one attached hydrogen (secondary N) is 1. The first kappa shape index (κ1) is 17.9. The molecule has 1 aromatic rings. The van der Waals surface area contributed by atoms with Gasteiger partial charge in [-0.15, -0.1) is 11.8 Å². The number of rotatable bonds is 6. The Morgan fingerprint density at radius 1 is 1.32 bits per heavy atom. The van der Waals surface area contributed by atoms with Gasteiger partial charge in [0.15, 0.2) is 6.04 Å². The predicted octanol–water partition coefficient (Wildman–Crippen LogP) is 1.33. The average molecular weight is 378 g/mol. The predicted molar refractivity (Wildman–Crippen MR) is 98.2 cm³/mol. The van der Waals surface area contributed by atoms with E-state index in [2.05, 4.69) is 5.32 Å². The van der Waals surface area contributed by atoms with E-state index in [1.54, 1.807) is 0 Å². The SMILES string of the molecule is CSCC1=CS[C@@H]2[C@H](NC(=O)Cc3ccccc3)C(=O)N2[C@H]1C(=O)O. The van der Waals surface area contributed by atoms with Crippen LogP contribution in [0.15, 0.2) is 41.3 Å². The molecule has 2 aliphatic heterocycles. The number of benzene rings is 1. The summed E-state index contributed by atoms with van der Waals surface area (Å²) in [5, 5.41) is 13.7. The number of aliphatic carboxylic acids is 1. The molecule has 1 fully saturated rings. The van der Waals surface area contributed by atoms with E-state index in [1.807, 2.05) is 42.0 Å². The number of carbonyl (C=O) groups excluding carboxylic acids is 2. The maximum Gasteiger partial charge on any atom is 0.330 e. The van der Waals surface area contributed by atoms with Crippen molar-refractivity contribution in [2.45, 2.75) is 23.9 Å². The van der Waals surface area contributed by atoms with Crippen LogP contribution in [0.3, 0.4) is 0 Å². The zero-order valence-corrected chi connectivity index (χ0v) is 15.2. The van der Waals surface area contributed by atoms with Gasteiger partial charge in [-0.25, -0.2) is 4.79 Å². The van der Waals surface area contributed by atoms with Crippen LogP contribution in [0.5, 0.6) is 0 Å². The Kier molecular flexibility index (Phi) is 5.39. The van der Waals surface area contributed by atoms with Crippen molar-refractivity contribution in [3.05, 3.63) is 46.9 Å². The van der Waals surface area contributed by atoms with Gasteiger partial charge >= 0.3 is 5.97 Å². The van der Waals surface area contributed by atoms with Crippen LogP contribution in [-0.2, 0) is 20.8 Å². The molecule has 25 heavy (non-hydrogen) atoms. The Bertz CT molecular complexity index is 723. The number of hydrogen-bond donors (Lipinski definition) is 2. The lowest BCUT2D eigenvalue weighted by molar-refractivity contribution is -0.160. The Morgan fingerprint density at radius 3 is 2.68 bits per heavy atom. The van der Waals surface area contributed by atoms with E-state index in [0.717, 1.165) is 5.56 Å². The average Bonchev–Trinajstić information content (AvgIpc) is 2.60. The van der Waals surface area contributed by atoms with Crippen LogP contribution in [0.2, 0.25) is 0 Å². The van der Waals surface area contributed by atoms with Gasteiger partial charge in [-0.05, 0) is 22.8 Å². The third-order valence-corrected chi connectivity index (χ3v) is 5.98. The monoisotopic (exact) mass is 378 g/mol. The molecule has 0 aromatic heterocycles. The minimum absolute atomic E-state index is 0.192. The van der Waals surface area contributed by atoms with Crippen molar-refractivity contribution < 1.29 is 19.5 Å². The lowest BCUT2D eigenvalue weighted by Crippen LogP contribution is -2.74. The molecule has 0 bridgehead atoms. The van der Waals surface area contributed by atoms with Crippen LogP contribution < -0.4 is 5.32 Å². The number of carboxylic acids is 1. The first-order valence-corrected chi connectivity index (χ1v) is 10.1.